The van der Waals surface area contributed by atoms with Gasteiger partial charge in [-0.1, -0.05) is 34.8 Å². The van der Waals surface area contributed by atoms with Gasteiger partial charge in [0.25, 0.3) is 11.8 Å². The summed E-state index contributed by atoms with van der Waals surface area (Å²) in [7, 11) is -4.05. The van der Waals surface area contributed by atoms with Gasteiger partial charge in [0, 0.05) is 30.4 Å². The lowest BCUT2D eigenvalue weighted by Gasteiger charge is -2.44. The average Bonchev–Trinajstić information content (AvgIpc) is 3.30. The van der Waals surface area contributed by atoms with Crippen molar-refractivity contribution in [2.75, 3.05) is 13.7 Å². The Morgan fingerprint density at radius 2 is 1.88 bits per heavy atom. The number of aromatic nitrogens is 1. The Morgan fingerprint density at radius 1 is 1.16 bits per heavy atom. The molecule has 3 atom stereocenters. The molecule has 2 aliphatic heterocycles. The molecule has 1 aromatic heterocycles. The van der Waals surface area contributed by atoms with E-state index in [0.29, 0.717) is 6.42 Å². The van der Waals surface area contributed by atoms with Crippen molar-refractivity contribution in [2.45, 2.75) is 54.5 Å². The van der Waals surface area contributed by atoms with Crippen molar-refractivity contribution >= 4 is 57.0 Å². The highest BCUT2D eigenvalue weighted by Gasteiger charge is 2.48. The lowest BCUT2D eigenvalue weighted by atomic mass is 10.1. The highest BCUT2D eigenvalue weighted by Crippen LogP contribution is 2.39. The van der Waals surface area contributed by atoms with E-state index in [1.807, 2.05) is 0 Å². The Morgan fingerprint density at radius 3 is 2.56 bits per heavy atom. The number of nitrogens with zero attached hydrogens (tertiary/aromatic N) is 2. The SMILES string of the molecule is COc1c2n(cc(C(=O)NCc3c(F)cc(F)c(OS(=O)(=O)OCC(Cl)(Cl)Cl)c3F)c1=O)C[C@H]1O[C@@H]3CC[C@@H](C3)N1C2=O. The van der Waals surface area contributed by atoms with E-state index in [9.17, 15) is 31.6 Å². The third-order valence-electron chi connectivity index (χ3n) is 7.09. The molecule has 1 saturated heterocycles. The Kier molecular flexibility index (Phi) is 8.56. The molecule has 1 N–H and O–H groups in total. The quantitative estimate of drug-likeness (QED) is 0.414. The van der Waals surface area contributed by atoms with Crippen molar-refractivity contribution < 1.29 is 49.0 Å². The molecule has 2 bridgehead atoms. The number of carbonyl (C=O) groups excluding carboxylic acids is 2. The summed E-state index contributed by atoms with van der Waals surface area (Å²) in [4.78, 5) is 41.2. The number of halogens is 6. The zero-order chi connectivity index (χ0) is 31.4. The molecule has 12 nitrogen and oxygen atoms in total. The van der Waals surface area contributed by atoms with Gasteiger partial charge in [0.2, 0.25) is 15.0 Å². The molecular weight excluding hydrogens is 670 g/mol. The van der Waals surface area contributed by atoms with Crippen molar-refractivity contribution in [2.24, 2.45) is 0 Å². The van der Waals surface area contributed by atoms with Crippen LogP contribution in [-0.4, -0.2) is 65.6 Å². The molecule has 19 heteroatoms. The topological polar surface area (TPSA) is 142 Å². The number of pyridine rings is 1. The molecule has 0 unspecified atom stereocenters. The minimum atomic E-state index is -5.20. The van der Waals surface area contributed by atoms with Gasteiger partial charge in [-0.05, 0) is 19.3 Å². The molecular formula is C24H21Cl3F3N3O9S. The van der Waals surface area contributed by atoms with Gasteiger partial charge in [-0.15, -0.1) is 0 Å². The molecule has 1 aliphatic carbocycles. The van der Waals surface area contributed by atoms with E-state index < -0.39 is 90.9 Å². The number of fused-ring (bicyclic) bond motifs is 5. The van der Waals surface area contributed by atoms with Gasteiger partial charge < -0.3 is 28.4 Å². The van der Waals surface area contributed by atoms with E-state index in [2.05, 4.69) is 13.7 Å². The minimum Gasteiger partial charge on any atom is -0.491 e. The summed E-state index contributed by atoms with van der Waals surface area (Å²) in [5, 5.41) is 2.12. The predicted octanol–water partition coefficient (Wildman–Crippen LogP) is 2.95. The molecule has 1 saturated carbocycles. The van der Waals surface area contributed by atoms with Gasteiger partial charge in [0.1, 0.15) is 18.0 Å². The van der Waals surface area contributed by atoms with Gasteiger partial charge in [-0.2, -0.15) is 8.42 Å². The fraction of sp³-hybridized carbons (Fsp3) is 0.458. The molecule has 3 heterocycles. The monoisotopic (exact) mass is 689 g/mol. The first kappa shape index (κ1) is 31.7. The molecule has 2 amide bonds. The van der Waals surface area contributed by atoms with Crippen LogP contribution in [0.15, 0.2) is 17.1 Å². The number of methoxy groups -OCH3 is 1. The fourth-order valence-electron chi connectivity index (χ4n) is 5.27. The first-order valence-electron chi connectivity index (χ1n) is 12.5. The van der Waals surface area contributed by atoms with Crippen LogP contribution in [0.5, 0.6) is 11.5 Å². The molecule has 1 aromatic carbocycles. The molecule has 43 heavy (non-hydrogen) atoms. The third kappa shape index (κ3) is 6.26. The van der Waals surface area contributed by atoms with Crippen LogP contribution in [0.1, 0.15) is 45.7 Å². The molecule has 0 spiro atoms. The summed E-state index contributed by atoms with van der Waals surface area (Å²) >= 11 is 16.2. The number of hydrogen-bond acceptors (Lipinski definition) is 9. The summed E-state index contributed by atoms with van der Waals surface area (Å²) in [6.45, 7) is -1.99. The van der Waals surface area contributed by atoms with Crippen molar-refractivity contribution in [3.63, 3.8) is 0 Å². The average molecular weight is 691 g/mol. The molecule has 2 fully saturated rings. The Bertz CT molecular complexity index is 1670. The van der Waals surface area contributed by atoms with E-state index in [1.54, 1.807) is 4.90 Å². The first-order valence-corrected chi connectivity index (χ1v) is 15.0. The van der Waals surface area contributed by atoms with Crippen LogP contribution in [0.25, 0.3) is 0 Å². The second-order valence-electron chi connectivity index (χ2n) is 9.81. The number of ether oxygens (including phenoxy) is 2. The third-order valence-corrected chi connectivity index (χ3v) is 8.19. The summed E-state index contributed by atoms with van der Waals surface area (Å²) in [6, 6.07) is 0.0498. The smallest absolute Gasteiger partial charge is 0.449 e. The number of nitrogens with one attached hydrogen (secondary N) is 1. The van der Waals surface area contributed by atoms with Gasteiger partial charge in [0.15, 0.2) is 29.3 Å². The zero-order valence-corrected chi connectivity index (χ0v) is 25.0. The van der Waals surface area contributed by atoms with Crippen molar-refractivity contribution in [1.29, 1.82) is 0 Å². The maximum absolute atomic E-state index is 15.0. The number of benzene rings is 1. The van der Waals surface area contributed by atoms with Crippen LogP contribution in [0.4, 0.5) is 13.2 Å². The number of carbonyl (C=O) groups is 2. The van der Waals surface area contributed by atoms with Crippen molar-refractivity contribution in [3.05, 3.63) is 56.8 Å². The maximum Gasteiger partial charge on any atom is 0.449 e. The second kappa shape index (κ2) is 11.6. The predicted molar refractivity (Wildman–Crippen MR) is 143 cm³/mol. The number of hydrogen-bond donors (Lipinski definition) is 1. The summed E-state index contributed by atoms with van der Waals surface area (Å²) in [6.07, 6.45) is 2.65. The number of rotatable bonds is 8. The van der Waals surface area contributed by atoms with Gasteiger partial charge in [-0.3, -0.25) is 14.4 Å². The van der Waals surface area contributed by atoms with Crippen molar-refractivity contribution in [1.82, 2.24) is 14.8 Å². The highest BCUT2D eigenvalue weighted by molar-refractivity contribution is 7.82. The van der Waals surface area contributed by atoms with Gasteiger partial charge in [-0.25, -0.2) is 17.4 Å². The van der Waals surface area contributed by atoms with Crippen LogP contribution in [0.2, 0.25) is 0 Å². The van der Waals surface area contributed by atoms with E-state index in [1.165, 1.54) is 4.57 Å². The molecule has 2 aromatic rings. The van der Waals surface area contributed by atoms with Crippen molar-refractivity contribution in [3.8, 4) is 11.5 Å². The summed E-state index contributed by atoms with van der Waals surface area (Å²) < 4.78 is 86.6. The van der Waals surface area contributed by atoms with Crippen LogP contribution < -0.4 is 19.7 Å². The number of amides is 2. The molecule has 234 valence electrons. The number of alkyl halides is 3. The summed E-state index contributed by atoms with van der Waals surface area (Å²) in [5.74, 6) is -8.76. The largest absolute Gasteiger partial charge is 0.491 e. The highest BCUT2D eigenvalue weighted by atomic mass is 35.6. The lowest BCUT2D eigenvalue weighted by molar-refractivity contribution is -0.132. The van der Waals surface area contributed by atoms with Crippen LogP contribution in [0, 0.1) is 17.5 Å². The molecule has 5 rings (SSSR count). The fourth-order valence-corrected chi connectivity index (χ4v) is 6.35. The van der Waals surface area contributed by atoms with Crippen LogP contribution in [0.3, 0.4) is 0 Å². The van der Waals surface area contributed by atoms with E-state index >= 15 is 4.39 Å². The van der Waals surface area contributed by atoms with Crippen LogP contribution in [-0.2, 0) is 32.4 Å². The van der Waals surface area contributed by atoms with Gasteiger partial charge >= 0.3 is 10.4 Å². The second-order valence-corrected chi connectivity index (χ2v) is 13.5. The maximum atomic E-state index is 15.0. The van der Waals surface area contributed by atoms with E-state index in [-0.39, 0.29) is 30.5 Å². The Hall–Kier alpha value is -2.76. The summed E-state index contributed by atoms with van der Waals surface area (Å²) in [5.41, 5.74) is -2.61. The molecule has 3 aliphatic rings. The zero-order valence-electron chi connectivity index (χ0n) is 21.9. The standard InChI is InChI=1S/C24H21Cl3F3N3O9S/c1-39-21-18-23(36)33-10-2-3-11(4-10)41-16(33)8-32(18)7-13(19(21)34)22(35)31-6-12-14(28)5-15(29)20(17(12)30)42-43(37,38)40-9-24(25,26)27/h5,7,10-11,16H,2-4,6,8-9H2,1H3,(H,31,35)/t10-,11+,16+/m0/s1. The Balaban J connectivity index is 1.39. The van der Waals surface area contributed by atoms with Gasteiger partial charge in [0.05, 0.1) is 19.8 Å². The van der Waals surface area contributed by atoms with Crippen LogP contribution >= 0.6 is 34.8 Å². The normalized spacial score (nSPS) is 21.3. The van der Waals surface area contributed by atoms with E-state index in [0.717, 1.165) is 26.1 Å². The molecule has 0 radical (unpaired) electrons. The lowest BCUT2D eigenvalue weighted by Crippen LogP contribution is -2.57. The first-order chi connectivity index (χ1) is 20.1. The Labute approximate surface area is 256 Å². The van der Waals surface area contributed by atoms with E-state index in [4.69, 9.17) is 44.3 Å². The minimum absolute atomic E-state index is 0.0184.